The van der Waals surface area contributed by atoms with Crippen molar-refractivity contribution in [2.75, 3.05) is 12.4 Å². The molecule has 1 fully saturated rings. The summed E-state index contributed by atoms with van der Waals surface area (Å²) in [6, 6.07) is 23.9. The van der Waals surface area contributed by atoms with Gasteiger partial charge in [0.25, 0.3) is 0 Å². The average molecular weight is 577 g/mol. The lowest BCUT2D eigenvalue weighted by Crippen LogP contribution is -2.38. The number of nitrogens with zero attached hydrogens (tertiary/aromatic N) is 1. The molecule has 1 saturated heterocycles. The van der Waals surface area contributed by atoms with Crippen molar-refractivity contribution < 1.29 is 24.1 Å². The van der Waals surface area contributed by atoms with E-state index >= 15 is 0 Å². The molecule has 208 valence electrons. The van der Waals surface area contributed by atoms with Crippen LogP contribution in [-0.4, -0.2) is 34.6 Å². The zero-order valence-electron chi connectivity index (χ0n) is 22.2. The lowest BCUT2D eigenvalue weighted by molar-refractivity contribution is -0.268. The molecule has 1 aliphatic heterocycles. The Labute approximate surface area is 242 Å². The average Bonchev–Trinajstić information content (AvgIpc) is 3.42. The molecule has 0 unspecified atom stereocenters. The number of ether oxygens (including phenoxy) is 3. The van der Waals surface area contributed by atoms with Crippen LogP contribution >= 0.6 is 23.1 Å². The Bertz CT molecular complexity index is 1390. The van der Waals surface area contributed by atoms with Crippen LogP contribution in [0.25, 0.3) is 10.2 Å². The van der Waals surface area contributed by atoms with Gasteiger partial charge in [0.2, 0.25) is 0 Å². The first kappa shape index (κ1) is 28.3. The van der Waals surface area contributed by atoms with Gasteiger partial charge in [-0.1, -0.05) is 92.0 Å². The number of rotatable bonds is 10. The third kappa shape index (κ3) is 6.92. The number of carbonyl (C=O) groups is 1. The zero-order valence-corrected chi connectivity index (χ0v) is 23.8. The second-order valence-electron chi connectivity index (χ2n) is 9.56. The van der Waals surface area contributed by atoms with E-state index in [9.17, 15) is 9.90 Å². The van der Waals surface area contributed by atoms with E-state index in [1.807, 2.05) is 66.7 Å². The lowest BCUT2D eigenvalue weighted by Gasteiger charge is -2.41. The van der Waals surface area contributed by atoms with Gasteiger partial charge in [-0.3, -0.25) is 0 Å². The van der Waals surface area contributed by atoms with Crippen molar-refractivity contribution in [1.82, 2.24) is 10.3 Å². The van der Waals surface area contributed by atoms with Crippen LogP contribution in [0.2, 0.25) is 0 Å². The highest BCUT2D eigenvalue weighted by atomic mass is 32.2. The summed E-state index contributed by atoms with van der Waals surface area (Å²) in [7, 11) is 0. The highest BCUT2D eigenvalue weighted by Crippen LogP contribution is 2.43. The summed E-state index contributed by atoms with van der Waals surface area (Å²) in [5.74, 6) is 0.823. The fourth-order valence-electron chi connectivity index (χ4n) is 4.53. The molecule has 0 aliphatic carbocycles. The molecule has 2 heterocycles. The van der Waals surface area contributed by atoms with Gasteiger partial charge in [0.1, 0.15) is 6.61 Å². The largest absolute Gasteiger partial charge is 0.445 e. The molecule has 5 rings (SSSR count). The summed E-state index contributed by atoms with van der Waals surface area (Å²) in [5, 5.41) is 12.2. The molecular weight excluding hydrogens is 544 g/mol. The van der Waals surface area contributed by atoms with Crippen molar-refractivity contribution in [1.29, 1.82) is 0 Å². The summed E-state index contributed by atoms with van der Waals surface area (Å²) in [6.07, 6.45) is 0.214. The van der Waals surface area contributed by atoms with Crippen LogP contribution < -0.4 is 5.32 Å². The molecule has 0 bridgehead atoms. The van der Waals surface area contributed by atoms with Crippen molar-refractivity contribution in [3.05, 3.63) is 108 Å². The van der Waals surface area contributed by atoms with Crippen LogP contribution in [0.1, 0.15) is 41.6 Å². The predicted octanol–water partition coefficient (Wildman–Crippen LogP) is 6.78. The number of carbonyl (C=O) groups excluding carboxylic acids is 1. The smallest absolute Gasteiger partial charge is 0.407 e. The quantitative estimate of drug-likeness (QED) is 0.159. The fourth-order valence-corrected chi connectivity index (χ4v) is 6.79. The van der Waals surface area contributed by atoms with E-state index < -0.39 is 12.4 Å². The molecule has 0 radical (unpaired) electrons. The normalized spacial score (nSPS) is 20.8. The molecule has 1 aliphatic rings. The summed E-state index contributed by atoms with van der Waals surface area (Å²) in [4.78, 5) is 16.5. The third-order valence-corrected chi connectivity index (χ3v) is 9.06. The number of alkyl carbamates (subject to hydrolysis) is 1. The number of hydrogen-bond acceptors (Lipinski definition) is 8. The molecule has 9 heteroatoms. The minimum atomic E-state index is -0.556. The van der Waals surface area contributed by atoms with E-state index in [-0.39, 0.29) is 31.3 Å². The molecule has 3 aromatic carbocycles. The van der Waals surface area contributed by atoms with E-state index in [4.69, 9.17) is 19.2 Å². The molecular formula is C31H32N2O5S2. The van der Waals surface area contributed by atoms with Gasteiger partial charge in [0.05, 0.1) is 29.0 Å². The second kappa shape index (κ2) is 13.4. The summed E-state index contributed by atoms with van der Waals surface area (Å²) in [6.45, 7) is 6.22. The van der Waals surface area contributed by atoms with E-state index in [2.05, 4.69) is 24.9 Å². The SMILES string of the molecule is C=CCOC(=O)NCc1ccc([C@@H]2O[C@H](CSc3nc4ccccc4s3)[C@H](C)[C@H](c3ccc(CO)cc3)O2)cc1. The zero-order chi connectivity index (χ0) is 27.9. The van der Waals surface area contributed by atoms with Gasteiger partial charge in [0, 0.05) is 23.8 Å². The Morgan fingerprint density at radius 1 is 1.07 bits per heavy atom. The fraction of sp³-hybridized carbons (Fsp3) is 0.290. The number of thiazole rings is 1. The molecule has 1 aromatic heterocycles. The van der Waals surface area contributed by atoms with Gasteiger partial charge in [-0.2, -0.15) is 0 Å². The van der Waals surface area contributed by atoms with Crippen LogP contribution in [0.15, 0.2) is 89.8 Å². The maximum Gasteiger partial charge on any atom is 0.407 e. The minimum absolute atomic E-state index is 0.00170. The maximum atomic E-state index is 11.7. The Morgan fingerprint density at radius 2 is 1.80 bits per heavy atom. The second-order valence-corrected chi connectivity index (χ2v) is 11.9. The van der Waals surface area contributed by atoms with E-state index in [1.165, 1.54) is 10.8 Å². The van der Waals surface area contributed by atoms with Crippen molar-refractivity contribution >= 4 is 39.4 Å². The lowest BCUT2D eigenvalue weighted by atomic mass is 9.91. The number of fused-ring (bicyclic) bond motifs is 1. The number of benzene rings is 3. The molecule has 40 heavy (non-hydrogen) atoms. The first-order chi connectivity index (χ1) is 19.5. The van der Waals surface area contributed by atoms with Gasteiger partial charge >= 0.3 is 6.09 Å². The number of amides is 1. The van der Waals surface area contributed by atoms with Crippen LogP contribution in [0.4, 0.5) is 4.79 Å². The Kier molecular flexibility index (Phi) is 9.51. The number of aliphatic hydroxyl groups is 1. The Hall–Kier alpha value is -3.21. The maximum absolute atomic E-state index is 11.7. The number of para-hydroxylation sites is 1. The van der Waals surface area contributed by atoms with Crippen molar-refractivity contribution in [2.24, 2.45) is 5.92 Å². The third-order valence-electron chi connectivity index (χ3n) is 6.79. The van der Waals surface area contributed by atoms with Gasteiger partial charge in [-0.15, -0.1) is 11.3 Å². The highest BCUT2D eigenvalue weighted by molar-refractivity contribution is 8.01. The molecule has 0 spiro atoms. The first-order valence-corrected chi connectivity index (χ1v) is 14.9. The van der Waals surface area contributed by atoms with Crippen molar-refractivity contribution in [2.45, 2.75) is 42.9 Å². The topological polar surface area (TPSA) is 89.9 Å². The van der Waals surface area contributed by atoms with Gasteiger partial charge in [-0.05, 0) is 28.8 Å². The van der Waals surface area contributed by atoms with Crippen LogP contribution in [0, 0.1) is 5.92 Å². The predicted molar refractivity (Wildman–Crippen MR) is 158 cm³/mol. The van der Waals surface area contributed by atoms with E-state index in [0.717, 1.165) is 37.9 Å². The summed E-state index contributed by atoms with van der Waals surface area (Å²) < 4.78 is 20.3. The molecule has 7 nitrogen and oxygen atoms in total. The highest BCUT2D eigenvalue weighted by Gasteiger charge is 2.38. The molecule has 4 atom stereocenters. The number of hydrogen-bond donors (Lipinski definition) is 2. The van der Waals surface area contributed by atoms with Crippen LogP contribution in [0.3, 0.4) is 0 Å². The molecule has 1 amide bonds. The van der Waals surface area contributed by atoms with Gasteiger partial charge in [-0.25, -0.2) is 9.78 Å². The van der Waals surface area contributed by atoms with Gasteiger partial charge < -0.3 is 24.6 Å². The number of aromatic nitrogens is 1. The first-order valence-electron chi connectivity index (χ1n) is 13.1. The van der Waals surface area contributed by atoms with E-state index in [0.29, 0.717) is 6.54 Å². The van der Waals surface area contributed by atoms with Crippen LogP contribution in [0.5, 0.6) is 0 Å². The number of thioether (sulfide) groups is 1. The van der Waals surface area contributed by atoms with Crippen LogP contribution in [-0.2, 0) is 27.4 Å². The van der Waals surface area contributed by atoms with E-state index in [1.54, 1.807) is 23.1 Å². The standard InChI is InChI=1S/C31H32N2O5S2/c1-3-16-36-30(35)32-17-21-8-14-24(15-9-21)29-37-26(19-39-31-33-25-6-4-5-7-27(25)40-31)20(2)28(38-29)23-12-10-22(18-34)11-13-23/h3-15,20,26,28-29,34H,1,16-19H2,2H3,(H,32,35)/t20-,26+,28+,29+/m0/s1. The Morgan fingerprint density at radius 3 is 2.52 bits per heavy atom. The number of nitrogens with one attached hydrogen (secondary N) is 1. The molecule has 0 saturated carbocycles. The molecule has 4 aromatic rings. The minimum Gasteiger partial charge on any atom is -0.445 e. The molecule has 2 N–H and O–H groups in total. The van der Waals surface area contributed by atoms with Gasteiger partial charge in [0.15, 0.2) is 10.6 Å². The number of aliphatic hydroxyl groups excluding tert-OH is 1. The Balaban J connectivity index is 1.31. The monoisotopic (exact) mass is 576 g/mol. The summed E-state index contributed by atoms with van der Waals surface area (Å²) >= 11 is 3.41. The summed E-state index contributed by atoms with van der Waals surface area (Å²) in [5.41, 5.74) is 4.76. The van der Waals surface area contributed by atoms with Crippen molar-refractivity contribution in [3.63, 3.8) is 0 Å². The van der Waals surface area contributed by atoms with Crippen molar-refractivity contribution in [3.8, 4) is 0 Å².